The van der Waals surface area contributed by atoms with Crippen molar-refractivity contribution in [1.29, 1.82) is 0 Å². The molecule has 1 aliphatic heterocycles. The second-order valence-corrected chi connectivity index (χ2v) is 6.89. The monoisotopic (exact) mass is 385 g/mol. The highest BCUT2D eigenvalue weighted by molar-refractivity contribution is 5.67. The fourth-order valence-electron chi connectivity index (χ4n) is 3.21. The van der Waals surface area contributed by atoms with Gasteiger partial charge in [-0.25, -0.2) is 14.8 Å². The molecule has 1 aromatic carbocycles. The maximum absolute atomic E-state index is 12.0. The van der Waals surface area contributed by atoms with Gasteiger partial charge in [-0.3, -0.25) is 0 Å². The number of nitrogens with zero attached hydrogens (tertiary/aromatic N) is 4. The summed E-state index contributed by atoms with van der Waals surface area (Å²) < 4.78 is 5.26. The summed E-state index contributed by atoms with van der Waals surface area (Å²) in [6.45, 7) is 3.94. The maximum Gasteiger partial charge on any atom is 0.407 e. The van der Waals surface area contributed by atoms with Gasteiger partial charge >= 0.3 is 6.09 Å². The number of carbonyl (C=O) groups is 1. The molecule has 2 N–H and O–H groups in total. The maximum atomic E-state index is 12.0. The van der Waals surface area contributed by atoms with Crippen LogP contribution in [0.3, 0.4) is 0 Å². The van der Waals surface area contributed by atoms with E-state index >= 15 is 0 Å². The van der Waals surface area contributed by atoms with Gasteiger partial charge < -0.3 is 25.0 Å². The molecule has 1 aliphatic rings. The molecule has 1 fully saturated rings. The summed E-state index contributed by atoms with van der Waals surface area (Å²) in [7, 11) is 1.97. The van der Waals surface area contributed by atoms with E-state index in [4.69, 9.17) is 4.74 Å². The third-order valence-corrected chi connectivity index (χ3v) is 4.89. The number of ether oxygens (including phenoxy) is 1. The van der Waals surface area contributed by atoms with Crippen LogP contribution in [0.1, 0.15) is 18.9 Å². The topological polar surface area (TPSA) is 90.8 Å². The number of aromatic nitrogens is 2. The Morgan fingerprint density at radius 2 is 2.14 bits per heavy atom. The van der Waals surface area contributed by atoms with Gasteiger partial charge in [0.25, 0.3) is 0 Å². The number of aliphatic hydroxyl groups excluding tert-OH is 1. The molecule has 8 nitrogen and oxygen atoms in total. The van der Waals surface area contributed by atoms with Crippen molar-refractivity contribution >= 4 is 17.7 Å². The third kappa shape index (κ3) is 5.10. The van der Waals surface area contributed by atoms with Crippen LogP contribution in [0.2, 0.25) is 0 Å². The largest absolute Gasteiger partial charge is 0.445 e. The SMILES string of the molecule is CCN(C)c1cc(N2C[C@H](O)C[C@@H]2CNC(=O)OCc2ccccc2)ncn1. The van der Waals surface area contributed by atoms with Gasteiger partial charge in [0.1, 0.15) is 24.6 Å². The molecule has 3 rings (SSSR count). The van der Waals surface area contributed by atoms with Gasteiger partial charge in [-0.15, -0.1) is 0 Å². The van der Waals surface area contributed by atoms with Crippen molar-refractivity contribution in [2.24, 2.45) is 0 Å². The lowest BCUT2D eigenvalue weighted by molar-refractivity contribution is 0.138. The molecule has 8 heteroatoms. The zero-order valence-corrected chi connectivity index (χ0v) is 16.3. The first-order valence-corrected chi connectivity index (χ1v) is 9.49. The van der Waals surface area contributed by atoms with Crippen molar-refractivity contribution < 1.29 is 14.6 Å². The number of hydrogen-bond acceptors (Lipinski definition) is 7. The van der Waals surface area contributed by atoms with Crippen molar-refractivity contribution in [1.82, 2.24) is 15.3 Å². The Hall–Kier alpha value is -2.87. The summed E-state index contributed by atoms with van der Waals surface area (Å²) in [4.78, 5) is 24.7. The summed E-state index contributed by atoms with van der Waals surface area (Å²) in [6.07, 6.45) is 1.15. The van der Waals surface area contributed by atoms with Gasteiger partial charge in [0.05, 0.1) is 12.1 Å². The minimum Gasteiger partial charge on any atom is -0.445 e. The Morgan fingerprint density at radius 1 is 1.36 bits per heavy atom. The number of nitrogens with one attached hydrogen (secondary N) is 1. The molecule has 0 unspecified atom stereocenters. The van der Waals surface area contributed by atoms with E-state index in [1.54, 1.807) is 0 Å². The van der Waals surface area contributed by atoms with E-state index in [0.29, 0.717) is 19.5 Å². The lowest BCUT2D eigenvalue weighted by Gasteiger charge is -2.26. The fourth-order valence-corrected chi connectivity index (χ4v) is 3.21. The molecule has 1 amide bonds. The van der Waals surface area contributed by atoms with E-state index in [1.807, 2.05) is 53.2 Å². The third-order valence-electron chi connectivity index (χ3n) is 4.89. The van der Waals surface area contributed by atoms with Gasteiger partial charge in [0.2, 0.25) is 0 Å². The molecule has 0 aliphatic carbocycles. The molecule has 0 saturated carbocycles. The normalized spacial score (nSPS) is 18.8. The summed E-state index contributed by atoms with van der Waals surface area (Å²) in [5, 5.41) is 12.9. The predicted molar refractivity (Wildman–Crippen MR) is 107 cm³/mol. The fraction of sp³-hybridized carbons (Fsp3) is 0.450. The molecular formula is C20H27N5O3. The van der Waals surface area contributed by atoms with Crippen molar-refractivity contribution in [3.8, 4) is 0 Å². The molecule has 2 atom stereocenters. The number of anilines is 2. The van der Waals surface area contributed by atoms with Crippen molar-refractivity contribution in [3.63, 3.8) is 0 Å². The van der Waals surface area contributed by atoms with E-state index in [0.717, 1.165) is 23.7 Å². The smallest absolute Gasteiger partial charge is 0.407 e. The van der Waals surface area contributed by atoms with Crippen LogP contribution >= 0.6 is 0 Å². The van der Waals surface area contributed by atoms with E-state index in [1.165, 1.54) is 6.33 Å². The summed E-state index contributed by atoms with van der Waals surface area (Å²) >= 11 is 0. The average Bonchev–Trinajstić information content (AvgIpc) is 3.11. The molecule has 2 aromatic rings. The van der Waals surface area contributed by atoms with Gasteiger partial charge in [0, 0.05) is 32.7 Å². The van der Waals surface area contributed by atoms with Crippen LogP contribution in [0.4, 0.5) is 16.4 Å². The zero-order valence-electron chi connectivity index (χ0n) is 16.3. The first-order chi connectivity index (χ1) is 13.6. The van der Waals surface area contributed by atoms with Crippen LogP contribution in [-0.4, -0.2) is 60.0 Å². The standard InChI is InChI=1S/C20H27N5O3/c1-3-24(2)18-10-19(23-14-22-18)25-12-17(26)9-16(25)11-21-20(27)28-13-15-7-5-4-6-8-15/h4-8,10,14,16-17,26H,3,9,11-13H2,1-2H3,(H,21,27)/t16-,17-/m1/s1. The quantitative estimate of drug-likeness (QED) is 0.751. The minimum atomic E-state index is -0.473. The first-order valence-electron chi connectivity index (χ1n) is 9.49. The molecule has 1 saturated heterocycles. The van der Waals surface area contributed by atoms with Crippen LogP contribution in [0.5, 0.6) is 0 Å². The van der Waals surface area contributed by atoms with E-state index < -0.39 is 12.2 Å². The van der Waals surface area contributed by atoms with Gasteiger partial charge in [-0.2, -0.15) is 0 Å². The second-order valence-electron chi connectivity index (χ2n) is 6.89. The summed E-state index contributed by atoms with van der Waals surface area (Å²) in [5.74, 6) is 1.56. The molecule has 0 radical (unpaired) electrons. The Morgan fingerprint density at radius 3 is 2.89 bits per heavy atom. The van der Waals surface area contributed by atoms with E-state index in [9.17, 15) is 9.90 Å². The molecule has 2 heterocycles. The molecule has 0 spiro atoms. The molecule has 0 bridgehead atoms. The van der Waals surface area contributed by atoms with Crippen molar-refractivity contribution in [2.45, 2.75) is 32.1 Å². The summed E-state index contributed by atoms with van der Waals surface area (Å²) in [6, 6.07) is 11.4. The zero-order chi connectivity index (χ0) is 19.9. The van der Waals surface area contributed by atoms with Crippen LogP contribution in [-0.2, 0) is 11.3 Å². The van der Waals surface area contributed by atoms with Crippen LogP contribution < -0.4 is 15.1 Å². The molecule has 1 aromatic heterocycles. The van der Waals surface area contributed by atoms with Gasteiger partial charge in [-0.1, -0.05) is 30.3 Å². The lowest BCUT2D eigenvalue weighted by atomic mass is 10.2. The predicted octanol–water partition coefficient (Wildman–Crippen LogP) is 1.80. The highest BCUT2D eigenvalue weighted by Crippen LogP contribution is 2.25. The Bertz CT molecular complexity index is 773. The number of alkyl carbamates (subject to hydrolysis) is 1. The Kier molecular flexibility index (Phi) is 6.65. The number of aliphatic hydroxyl groups is 1. The number of hydrogen-bond donors (Lipinski definition) is 2. The molecule has 28 heavy (non-hydrogen) atoms. The average molecular weight is 385 g/mol. The minimum absolute atomic E-state index is 0.0612. The first kappa shape index (κ1) is 19.9. The number of carbonyl (C=O) groups excluding carboxylic acids is 1. The van der Waals surface area contributed by atoms with Crippen molar-refractivity contribution in [3.05, 3.63) is 48.3 Å². The lowest BCUT2D eigenvalue weighted by Crippen LogP contribution is -2.40. The highest BCUT2D eigenvalue weighted by atomic mass is 16.5. The van der Waals surface area contributed by atoms with E-state index in [2.05, 4.69) is 22.2 Å². The van der Waals surface area contributed by atoms with Crippen LogP contribution in [0, 0.1) is 0 Å². The Labute approximate surface area is 165 Å². The summed E-state index contributed by atoms with van der Waals surface area (Å²) in [5.41, 5.74) is 0.934. The van der Waals surface area contributed by atoms with Crippen molar-refractivity contribution in [2.75, 3.05) is 36.5 Å². The Balaban J connectivity index is 1.57. The molecule has 150 valence electrons. The number of benzene rings is 1. The number of amides is 1. The van der Waals surface area contributed by atoms with Gasteiger partial charge in [0.15, 0.2) is 0 Å². The second kappa shape index (κ2) is 9.36. The number of β-amino-alcohol motifs (C(OH)–C–C–N with tert-alkyl or cyclic N) is 1. The van der Waals surface area contributed by atoms with Crippen LogP contribution in [0.25, 0.3) is 0 Å². The molecular weight excluding hydrogens is 358 g/mol. The van der Waals surface area contributed by atoms with E-state index in [-0.39, 0.29) is 12.6 Å². The highest BCUT2D eigenvalue weighted by Gasteiger charge is 2.32. The van der Waals surface area contributed by atoms with Crippen LogP contribution in [0.15, 0.2) is 42.7 Å². The number of rotatable bonds is 7. The van der Waals surface area contributed by atoms with Gasteiger partial charge in [-0.05, 0) is 18.9 Å².